The summed E-state index contributed by atoms with van der Waals surface area (Å²) < 4.78 is 13.8. The number of nitrogen functional groups attached to an aromatic ring is 2. The van der Waals surface area contributed by atoms with Crippen LogP contribution in [0.1, 0.15) is 20.3 Å². The Kier molecular flexibility index (Phi) is 2.42. The summed E-state index contributed by atoms with van der Waals surface area (Å²) in [5.41, 5.74) is 12.1. The SMILES string of the molecule is CC1(C)CC1Nc1c(N)cc(N)c(Cl)c1F. The zero-order chi connectivity index (χ0) is 12.1. The molecule has 0 radical (unpaired) electrons. The number of rotatable bonds is 2. The van der Waals surface area contributed by atoms with Gasteiger partial charge in [0.25, 0.3) is 0 Å². The first-order chi connectivity index (χ1) is 7.33. The van der Waals surface area contributed by atoms with Crippen LogP contribution in [-0.4, -0.2) is 6.04 Å². The van der Waals surface area contributed by atoms with Gasteiger partial charge < -0.3 is 16.8 Å². The molecule has 0 amide bonds. The molecule has 1 atom stereocenters. The maximum Gasteiger partial charge on any atom is 0.169 e. The van der Waals surface area contributed by atoms with E-state index < -0.39 is 5.82 Å². The molecule has 3 nitrogen and oxygen atoms in total. The molecule has 16 heavy (non-hydrogen) atoms. The first kappa shape index (κ1) is 11.3. The summed E-state index contributed by atoms with van der Waals surface area (Å²) in [5.74, 6) is -0.568. The van der Waals surface area contributed by atoms with Crippen LogP contribution in [0.3, 0.4) is 0 Å². The molecule has 0 aromatic heterocycles. The van der Waals surface area contributed by atoms with E-state index in [2.05, 4.69) is 19.2 Å². The van der Waals surface area contributed by atoms with Crippen LogP contribution in [0.2, 0.25) is 5.02 Å². The summed E-state index contributed by atoms with van der Waals surface area (Å²) in [7, 11) is 0. The van der Waals surface area contributed by atoms with Crippen LogP contribution in [0.4, 0.5) is 21.5 Å². The third kappa shape index (κ3) is 1.78. The predicted molar refractivity (Wildman–Crippen MR) is 66.0 cm³/mol. The lowest BCUT2D eigenvalue weighted by Gasteiger charge is -2.14. The van der Waals surface area contributed by atoms with Gasteiger partial charge in [-0.1, -0.05) is 25.4 Å². The lowest BCUT2D eigenvalue weighted by Crippen LogP contribution is -2.12. The van der Waals surface area contributed by atoms with Gasteiger partial charge in [-0.3, -0.25) is 0 Å². The Labute approximate surface area is 98.9 Å². The van der Waals surface area contributed by atoms with Crippen LogP contribution in [0.25, 0.3) is 0 Å². The summed E-state index contributed by atoms with van der Waals surface area (Å²) in [6.07, 6.45) is 0.994. The topological polar surface area (TPSA) is 64.1 Å². The quantitative estimate of drug-likeness (QED) is 0.700. The van der Waals surface area contributed by atoms with Crippen molar-refractivity contribution in [1.29, 1.82) is 0 Å². The van der Waals surface area contributed by atoms with E-state index >= 15 is 0 Å². The number of anilines is 3. The number of nitrogens with one attached hydrogen (secondary N) is 1. The highest BCUT2D eigenvalue weighted by Crippen LogP contribution is 2.48. The van der Waals surface area contributed by atoms with Crippen LogP contribution in [-0.2, 0) is 0 Å². The van der Waals surface area contributed by atoms with E-state index in [4.69, 9.17) is 23.1 Å². The van der Waals surface area contributed by atoms with Crippen LogP contribution >= 0.6 is 11.6 Å². The molecule has 5 heteroatoms. The fraction of sp³-hybridized carbons (Fsp3) is 0.455. The molecule has 5 N–H and O–H groups in total. The van der Waals surface area contributed by atoms with E-state index in [1.807, 2.05) is 0 Å². The van der Waals surface area contributed by atoms with Crippen molar-refractivity contribution in [2.75, 3.05) is 16.8 Å². The highest BCUT2D eigenvalue weighted by atomic mass is 35.5. The maximum atomic E-state index is 13.8. The van der Waals surface area contributed by atoms with Crippen molar-refractivity contribution in [2.45, 2.75) is 26.3 Å². The fourth-order valence-corrected chi connectivity index (χ4v) is 1.85. The van der Waals surface area contributed by atoms with Crippen molar-refractivity contribution in [3.63, 3.8) is 0 Å². The minimum Gasteiger partial charge on any atom is -0.397 e. The lowest BCUT2D eigenvalue weighted by atomic mass is 10.1. The molecule has 2 rings (SSSR count). The van der Waals surface area contributed by atoms with Gasteiger partial charge in [0.2, 0.25) is 0 Å². The van der Waals surface area contributed by atoms with Gasteiger partial charge in [0, 0.05) is 6.04 Å². The molecule has 1 unspecified atom stereocenters. The van der Waals surface area contributed by atoms with Crippen LogP contribution < -0.4 is 16.8 Å². The average Bonchev–Trinajstić information content (AvgIpc) is 2.78. The van der Waals surface area contributed by atoms with Crippen molar-refractivity contribution in [2.24, 2.45) is 5.41 Å². The van der Waals surface area contributed by atoms with Crippen LogP contribution in [0, 0.1) is 11.2 Å². The smallest absolute Gasteiger partial charge is 0.169 e. The zero-order valence-electron chi connectivity index (χ0n) is 9.27. The number of benzene rings is 1. The Morgan fingerprint density at radius 3 is 2.50 bits per heavy atom. The van der Waals surface area contributed by atoms with Crippen LogP contribution in [0.5, 0.6) is 0 Å². The van der Waals surface area contributed by atoms with Gasteiger partial charge in [-0.2, -0.15) is 0 Å². The molecular formula is C11H15ClFN3. The summed E-state index contributed by atoms with van der Waals surface area (Å²) in [6.45, 7) is 4.22. The molecule has 0 aliphatic heterocycles. The van der Waals surface area contributed by atoms with Crippen molar-refractivity contribution >= 4 is 28.7 Å². The Hall–Kier alpha value is -1.16. The Bertz CT molecular complexity index is 445. The first-order valence-electron chi connectivity index (χ1n) is 5.12. The molecule has 0 heterocycles. The summed E-state index contributed by atoms with van der Waals surface area (Å²) in [5, 5.41) is 3.00. The molecule has 1 aliphatic rings. The number of hydrogen-bond donors (Lipinski definition) is 3. The molecule has 1 aromatic rings. The van der Waals surface area contributed by atoms with Gasteiger partial charge in [-0.15, -0.1) is 0 Å². The van der Waals surface area contributed by atoms with E-state index in [-0.39, 0.29) is 27.9 Å². The highest BCUT2D eigenvalue weighted by molar-refractivity contribution is 6.33. The van der Waals surface area contributed by atoms with Crippen molar-refractivity contribution in [3.05, 3.63) is 16.9 Å². The minimum atomic E-state index is -0.568. The molecule has 1 aromatic carbocycles. The number of nitrogens with two attached hydrogens (primary N) is 2. The molecule has 1 saturated carbocycles. The largest absolute Gasteiger partial charge is 0.397 e. The van der Waals surface area contributed by atoms with E-state index in [0.29, 0.717) is 5.69 Å². The highest BCUT2D eigenvalue weighted by Gasteiger charge is 2.46. The molecule has 0 saturated heterocycles. The molecule has 1 fully saturated rings. The zero-order valence-corrected chi connectivity index (χ0v) is 10.0. The molecular weight excluding hydrogens is 229 g/mol. The second kappa shape index (κ2) is 3.42. The average molecular weight is 244 g/mol. The van der Waals surface area contributed by atoms with Crippen molar-refractivity contribution in [3.8, 4) is 0 Å². The second-order valence-corrected chi connectivity index (χ2v) is 5.33. The minimum absolute atomic E-state index is 0.0739. The van der Waals surface area contributed by atoms with E-state index in [1.54, 1.807) is 0 Å². The number of halogens is 2. The summed E-state index contributed by atoms with van der Waals surface area (Å²) >= 11 is 5.73. The standard InChI is InChI=1S/C11H15ClFN3/c1-11(2)4-7(11)16-10-6(15)3-5(14)8(12)9(10)13/h3,7,16H,4,14-15H2,1-2H3. The molecule has 0 spiro atoms. The van der Waals surface area contributed by atoms with E-state index in [1.165, 1.54) is 6.07 Å². The third-order valence-electron chi connectivity index (χ3n) is 3.10. The molecule has 1 aliphatic carbocycles. The van der Waals surface area contributed by atoms with Crippen LogP contribution in [0.15, 0.2) is 6.07 Å². The van der Waals surface area contributed by atoms with Gasteiger partial charge in [0.1, 0.15) is 5.02 Å². The third-order valence-corrected chi connectivity index (χ3v) is 3.48. The number of hydrogen-bond acceptors (Lipinski definition) is 3. The Morgan fingerprint density at radius 2 is 2.00 bits per heavy atom. The van der Waals surface area contributed by atoms with E-state index in [9.17, 15) is 4.39 Å². The second-order valence-electron chi connectivity index (χ2n) is 4.95. The maximum absolute atomic E-state index is 13.8. The summed E-state index contributed by atoms with van der Waals surface area (Å²) in [6, 6.07) is 1.72. The lowest BCUT2D eigenvalue weighted by molar-refractivity contribution is 0.616. The van der Waals surface area contributed by atoms with Crippen molar-refractivity contribution in [1.82, 2.24) is 0 Å². The van der Waals surface area contributed by atoms with Gasteiger partial charge in [-0.05, 0) is 17.9 Å². The fourth-order valence-electron chi connectivity index (χ4n) is 1.70. The monoisotopic (exact) mass is 243 g/mol. The first-order valence-corrected chi connectivity index (χ1v) is 5.50. The Balaban J connectivity index is 2.31. The Morgan fingerprint density at radius 1 is 1.44 bits per heavy atom. The van der Waals surface area contributed by atoms with E-state index in [0.717, 1.165) is 6.42 Å². The normalized spacial score (nSPS) is 21.9. The van der Waals surface area contributed by atoms with Gasteiger partial charge in [0.15, 0.2) is 5.82 Å². The van der Waals surface area contributed by atoms with Gasteiger partial charge in [-0.25, -0.2) is 4.39 Å². The predicted octanol–water partition coefficient (Wildman–Crippen LogP) is 2.85. The van der Waals surface area contributed by atoms with Crippen molar-refractivity contribution < 1.29 is 4.39 Å². The van der Waals surface area contributed by atoms with Gasteiger partial charge >= 0.3 is 0 Å². The molecule has 0 bridgehead atoms. The molecule has 88 valence electrons. The summed E-state index contributed by atoms with van der Waals surface area (Å²) in [4.78, 5) is 0. The van der Waals surface area contributed by atoms with Gasteiger partial charge in [0.05, 0.1) is 17.1 Å².